The summed E-state index contributed by atoms with van der Waals surface area (Å²) >= 11 is 0. The number of ether oxygens (including phenoxy) is 2. The first kappa shape index (κ1) is 29.7. The topological polar surface area (TPSA) is 94.1 Å². The van der Waals surface area contributed by atoms with Crippen molar-refractivity contribution in [2.75, 3.05) is 6.35 Å². The van der Waals surface area contributed by atoms with Gasteiger partial charge in [0.2, 0.25) is 0 Å². The van der Waals surface area contributed by atoms with Gasteiger partial charge in [0.05, 0.1) is 6.10 Å². The molecule has 0 fully saturated rings. The lowest BCUT2D eigenvalue weighted by Gasteiger charge is -2.24. The molecule has 214 valence electrons. The van der Waals surface area contributed by atoms with Gasteiger partial charge in [-0.25, -0.2) is 5.09 Å². The number of benzene rings is 3. The molecule has 3 aromatic rings. The second-order valence-corrected chi connectivity index (χ2v) is 13.0. The Balaban J connectivity index is 1.52. The van der Waals surface area contributed by atoms with Gasteiger partial charge < -0.3 is 19.1 Å². The zero-order valence-corrected chi connectivity index (χ0v) is 25.1. The summed E-state index contributed by atoms with van der Waals surface area (Å²) in [5.74, 6) is 1.22. The molecule has 1 aliphatic rings. The summed E-state index contributed by atoms with van der Waals surface area (Å²) in [6.07, 6.45) is 2.23. The highest BCUT2D eigenvalue weighted by molar-refractivity contribution is 7.57. The fourth-order valence-corrected chi connectivity index (χ4v) is 6.96. The van der Waals surface area contributed by atoms with Crippen LogP contribution in [0.15, 0.2) is 54.6 Å². The van der Waals surface area contributed by atoms with Gasteiger partial charge in [-0.05, 0) is 118 Å². The molecule has 0 heterocycles. The minimum Gasteiger partial charge on any atom is -0.508 e. The van der Waals surface area contributed by atoms with Gasteiger partial charge in [-0.2, -0.15) is 0 Å². The van der Waals surface area contributed by atoms with Gasteiger partial charge in [-0.1, -0.05) is 31.2 Å². The number of nitrogens with one attached hydrogen (secondary N) is 1. The Labute approximate surface area is 237 Å². The maximum absolute atomic E-state index is 13.9. The first-order chi connectivity index (χ1) is 19.0. The van der Waals surface area contributed by atoms with E-state index in [0.717, 1.165) is 36.0 Å². The van der Waals surface area contributed by atoms with Gasteiger partial charge in [-0.15, -0.1) is 0 Å². The van der Waals surface area contributed by atoms with E-state index in [1.807, 2.05) is 44.2 Å². The fraction of sp³-hybridized carbons (Fsp3) is 0.406. The maximum Gasteiger partial charge on any atom is 0.354 e. The highest BCUT2D eigenvalue weighted by atomic mass is 31.2. The molecule has 40 heavy (non-hydrogen) atoms. The predicted molar refractivity (Wildman–Crippen MR) is 158 cm³/mol. The average molecular weight is 566 g/mol. The van der Waals surface area contributed by atoms with E-state index in [-0.39, 0.29) is 12.5 Å². The van der Waals surface area contributed by atoms with Crippen molar-refractivity contribution in [3.63, 3.8) is 0 Å². The number of hydrogen-bond acceptors (Lipinski definition) is 6. The Bertz CT molecular complexity index is 1380. The largest absolute Gasteiger partial charge is 0.508 e. The Morgan fingerprint density at radius 3 is 2.38 bits per heavy atom. The molecule has 0 spiro atoms. The normalized spacial score (nSPS) is 16.7. The standard InChI is InChI=1S/C32H40NO6P/c1-20(2)38-32(35)24(6)33-40(36,39-26-10-8-7-9-11-26)19-37-27-16-22(4)29(23(5)17-27)18-25-13-15-30(34)31-21(3)12-14-28(25)31/h7-11,13,15-17,20-21,24,34H,12,14,18-19H2,1-6H3,(H,33,36)/t21?,24-,40-/m0/s1. The third-order valence-electron chi connectivity index (χ3n) is 7.28. The first-order valence-electron chi connectivity index (χ1n) is 13.8. The summed E-state index contributed by atoms with van der Waals surface area (Å²) in [4.78, 5) is 12.4. The van der Waals surface area contributed by atoms with Crippen molar-refractivity contribution in [2.45, 2.75) is 78.9 Å². The van der Waals surface area contributed by atoms with E-state index in [1.54, 1.807) is 45.0 Å². The van der Waals surface area contributed by atoms with E-state index in [9.17, 15) is 14.5 Å². The van der Waals surface area contributed by atoms with Crippen LogP contribution in [0.4, 0.5) is 0 Å². The van der Waals surface area contributed by atoms with Crippen molar-refractivity contribution in [3.05, 3.63) is 88.0 Å². The van der Waals surface area contributed by atoms with Gasteiger partial charge in [-0.3, -0.25) is 9.36 Å². The number of phenols is 1. The van der Waals surface area contributed by atoms with E-state index in [4.69, 9.17) is 14.0 Å². The molecule has 3 atom stereocenters. The zero-order valence-electron chi connectivity index (χ0n) is 24.2. The molecule has 1 unspecified atom stereocenters. The lowest BCUT2D eigenvalue weighted by Crippen LogP contribution is -2.36. The van der Waals surface area contributed by atoms with Crippen molar-refractivity contribution in [1.82, 2.24) is 5.09 Å². The smallest absolute Gasteiger partial charge is 0.354 e. The van der Waals surface area contributed by atoms with Crippen molar-refractivity contribution in [1.29, 1.82) is 0 Å². The third-order valence-corrected chi connectivity index (χ3v) is 9.04. The predicted octanol–water partition coefficient (Wildman–Crippen LogP) is 7.19. The quantitative estimate of drug-likeness (QED) is 0.188. The summed E-state index contributed by atoms with van der Waals surface area (Å²) < 4.78 is 31.1. The molecule has 0 aliphatic heterocycles. The first-order valence-corrected chi connectivity index (χ1v) is 15.6. The Morgan fingerprint density at radius 2 is 1.73 bits per heavy atom. The second-order valence-electron chi connectivity index (χ2n) is 11.0. The van der Waals surface area contributed by atoms with Gasteiger partial charge in [0.25, 0.3) is 0 Å². The number of para-hydroxylation sites is 1. The monoisotopic (exact) mass is 565 g/mol. The highest BCUT2D eigenvalue weighted by Crippen LogP contribution is 2.44. The molecular weight excluding hydrogens is 525 g/mol. The van der Waals surface area contributed by atoms with Gasteiger partial charge in [0.15, 0.2) is 6.35 Å². The van der Waals surface area contributed by atoms with Crippen molar-refractivity contribution in [3.8, 4) is 17.2 Å². The lowest BCUT2D eigenvalue weighted by molar-refractivity contribution is -0.149. The highest BCUT2D eigenvalue weighted by Gasteiger charge is 2.32. The van der Waals surface area contributed by atoms with Crippen LogP contribution in [0.5, 0.6) is 17.2 Å². The molecule has 3 aromatic carbocycles. The summed E-state index contributed by atoms with van der Waals surface area (Å²) in [5.41, 5.74) is 6.91. The molecule has 0 aromatic heterocycles. The number of esters is 1. The number of aryl methyl sites for hydroxylation is 2. The number of fused-ring (bicyclic) bond motifs is 1. The second kappa shape index (κ2) is 12.5. The molecule has 4 rings (SSSR count). The molecule has 8 heteroatoms. The van der Waals surface area contributed by atoms with Crippen LogP contribution in [0.2, 0.25) is 0 Å². The number of carbonyl (C=O) groups is 1. The molecule has 0 bridgehead atoms. The van der Waals surface area contributed by atoms with Crippen molar-refractivity contribution >= 4 is 13.5 Å². The maximum atomic E-state index is 13.9. The number of carbonyl (C=O) groups excluding carboxylic acids is 1. The van der Waals surface area contributed by atoms with Gasteiger partial charge >= 0.3 is 13.5 Å². The van der Waals surface area contributed by atoms with Crippen LogP contribution < -0.4 is 14.3 Å². The summed E-state index contributed by atoms with van der Waals surface area (Å²) in [6.45, 7) is 11.4. The van der Waals surface area contributed by atoms with Crippen LogP contribution in [-0.4, -0.2) is 29.6 Å². The number of phenolic OH excluding ortho intramolecular Hbond substituents is 1. The van der Waals surface area contributed by atoms with Gasteiger partial charge in [0.1, 0.15) is 23.3 Å². The van der Waals surface area contributed by atoms with Crippen LogP contribution in [0, 0.1) is 13.8 Å². The van der Waals surface area contributed by atoms with Gasteiger partial charge in [0, 0.05) is 5.56 Å². The van der Waals surface area contributed by atoms with E-state index < -0.39 is 19.5 Å². The van der Waals surface area contributed by atoms with E-state index in [1.165, 1.54) is 16.7 Å². The van der Waals surface area contributed by atoms with Crippen LogP contribution in [0.1, 0.15) is 73.4 Å². The molecule has 0 saturated heterocycles. The zero-order chi connectivity index (χ0) is 29.0. The van der Waals surface area contributed by atoms with Crippen LogP contribution in [0.25, 0.3) is 0 Å². The lowest BCUT2D eigenvalue weighted by atomic mass is 9.91. The minimum atomic E-state index is -3.67. The number of hydrogen-bond donors (Lipinski definition) is 2. The van der Waals surface area contributed by atoms with E-state index >= 15 is 0 Å². The fourth-order valence-electron chi connectivity index (χ4n) is 5.30. The molecule has 0 amide bonds. The molecule has 7 nitrogen and oxygen atoms in total. The van der Waals surface area contributed by atoms with Crippen molar-refractivity contribution in [2.24, 2.45) is 0 Å². The Kier molecular flexibility index (Phi) is 9.27. The summed E-state index contributed by atoms with van der Waals surface area (Å²) in [7, 11) is -3.67. The number of rotatable bonds is 11. The molecular formula is C32H40NO6P. The summed E-state index contributed by atoms with van der Waals surface area (Å²) in [5, 5.41) is 13.2. The molecule has 1 aliphatic carbocycles. The average Bonchev–Trinajstić information content (AvgIpc) is 3.29. The minimum absolute atomic E-state index is 0.275. The Morgan fingerprint density at radius 1 is 1.05 bits per heavy atom. The third kappa shape index (κ3) is 7.07. The van der Waals surface area contributed by atoms with E-state index in [2.05, 4.69) is 12.0 Å². The molecule has 0 saturated carbocycles. The molecule has 0 radical (unpaired) electrons. The molecule has 2 N–H and O–H groups in total. The van der Waals surface area contributed by atoms with Crippen LogP contribution >= 0.6 is 7.52 Å². The number of aromatic hydroxyl groups is 1. The SMILES string of the molecule is Cc1cc(OC[P@@](=O)(N[C@@H](C)C(=O)OC(C)C)Oc2ccccc2)cc(C)c1Cc1ccc(O)c2c1CCC2C. The van der Waals surface area contributed by atoms with E-state index in [0.29, 0.717) is 23.2 Å². The summed E-state index contributed by atoms with van der Waals surface area (Å²) in [6, 6.07) is 15.7. The Hall–Kier alpha value is -3.28. The van der Waals surface area contributed by atoms with Crippen molar-refractivity contribution < 1.29 is 28.5 Å². The van der Waals surface area contributed by atoms with Crippen LogP contribution in [-0.2, 0) is 26.9 Å². The van der Waals surface area contributed by atoms with Crippen LogP contribution in [0.3, 0.4) is 0 Å².